The van der Waals surface area contributed by atoms with E-state index >= 15 is 0 Å². The summed E-state index contributed by atoms with van der Waals surface area (Å²) < 4.78 is 5.48. The maximum atomic E-state index is 12.4. The molecule has 0 aromatic heterocycles. The zero-order chi connectivity index (χ0) is 20.8. The number of ether oxygens (including phenoxy) is 1. The van der Waals surface area contributed by atoms with Crippen molar-refractivity contribution in [2.45, 2.75) is 18.6 Å². The number of rotatable bonds is 7. The molecular weight excluding hydrogens is 396 g/mol. The Bertz CT molecular complexity index is 961. The van der Waals surface area contributed by atoms with Crippen molar-refractivity contribution in [3.8, 4) is 5.75 Å². The number of nitrogens with zero attached hydrogens (tertiary/aromatic N) is 2. The van der Waals surface area contributed by atoms with Gasteiger partial charge in [0.05, 0.1) is 22.9 Å². The van der Waals surface area contributed by atoms with Crippen LogP contribution in [-0.2, 0) is 9.59 Å². The standard InChI is InChI=1S/C19H18N4O5S/c1-2-28-15-6-4-3-5-14(15)21-17(24)11-16-18(25)22-19(29-16)20-12-7-9-13(10-8-12)23(26)27/h3-10,16H,2,11H2,1H3,(H,21,24)(H,20,22,25)/t16-/m0/s1. The van der Waals surface area contributed by atoms with Crippen molar-refractivity contribution < 1.29 is 19.2 Å². The van der Waals surface area contributed by atoms with E-state index in [9.17, 15) is 19.7 Å². The Morgan fingerprint density at radius 2 is 2.00 bits per heavy atom. The largest absolute Gasteiger partial charge is 0.492 e. The Labute approximate surface area is 170 Å². The van der Waals surface area contributed by atoms with E-state index in [1.807, 2.05) is 13.0 Å². The number of anilines is 1. The van der Waals surface area contributed by atoms with Gasteiger partial charge in [0.25, 0.3) is 5.69 Å². The molecule has 2 amide bonds. The number of carbonyl (C=O) groups excluding carboxylic acids is 2. The maximum absolute atomic E-state index is 12.4. The molecule has 10 heteroatoms. The molecule has 2 aromatic carbocycles. The zero-order valence-corrected chi connectivity index (χ0v) is 16.3. The van der Waals surface area contributed by atoms with Gasteiger partial charge in [-0.05, 0) is 31.2 Å². The van der Waals surface area contributed by atoms with Gasteiger partial charge in [-0.15, -0.1) is 0 Å². The van der Waals surface area contributed by atoms with Gasteiger partial charge in [0, 0.05) is 18.6 Å². The van der Waals surface area contributed by atoms with Crippen molar-refractivity contribution in [3.05, 3.63) is 58.6 Å². The fraction of sp³-hybridized carbons (Fsp3) is 0.211. The van der Waals surface area contributed by atoms with Crippen molar-refractivity contribution in [1.82, 2.24) is 5.32 Å². The first-order chi connectivity index (χ1) is 14.0. The number of thioether (sulfide) groups is 1. The predicted octanol–water partition coefficient (Wildman–Crippen LogP) is 3.24. The third kappa shape index (κ3) is 5.32. The molecule has 29 heavy (non-hydrogen) atoms. The van der Waals surface area contributed by atoms with Crippen LogP contribution in [0.1, 0.15) is 13.3 Å². The fourth-order valence-corrected chi connectivity index (χ4v) is 3.57. The Morgan fingerprint density at radius 3 is 2.69 bits per heavy atom. The van der Waals surface area contributed by atoms with E-state index in [4.69, 9.17) is 4.74 Å². The molecular formula is C19H18N4O5S. The van der Waals surface area contributed by atoms with Crippen molar-refractivity contribution in [1.29, 1.82) is 0 Å². The van der Waals surface area contributed by atoms with Crippen molar-refractivity contribution >= 4 is 45.8 Å². The van der Waals surface area contributed by atoms with E-state index in [0.717, 1.165) is 11.8 Å². The van der Waals surface area contributed by atoms with Crippen LogP contribution in [0.4, 0.5) is 17.1 Å². The zero-order valence-electron chi connectivity index (χ0n) is 15.5. The van der Waals surface area contributed by atoms with Crippen molar-refractivity contribution in [2.75, 3.05) is 11.9 Å². The molecule has 0 saturated carbocycles. The molecule has 1 saturated heterocycles. The van der Waals surface area contributed by atoms with Gasteiger partial charge in [-0.3, -0.25) is 19.7 Å². The topological polar surface area (TPSA) is 123 Å². The van der Waals surface area contributed by atoms with E-state index < -0.39 is 10.2 Å². The number of hydrogen-bond donors (Lipinski definition) is 2. The summed E-state index contributed by atoms with van der Waals surface area (Å²) in [7, 11) is 0. The first kappa shape index (κ1) is 20.3. The lowest BCUT2D eigenvalue weighted by molar-refractivity contribution is -0.384. The number of benzene rings is 2. The number of carbonyl (C=O) groups is 2. The van der Waals surface area contributed by atoms with Crippen LogP contribution in [0.3, 0.4) is 0 Å². The van der Waals surface area contributed by atoms with Gasteiger partial charge in [-0.25, -0.2) is 4.99 Å². The molecule has 1 aliphatic rings. The van der Waals surface area contributed by atoms with Gasteiger partial charge in [-0.1, -0.05) is 23.9 Å². The normalized spacial score (nSPS) is 17.1. The molecule has 0 radical (unpaired) electrons. The van der Waals surface area contributed by atoms with Gasteiger partial charge in [-0.2, -0.15) is 0 Å². The number of hydrogen-bond acceptors (Lipinski definition) is 7. The summed E-state index contributed by atoms with van der Waals surface area (Å²) in [6, 6.07) is 12.7. The SMILES string of the molecule is CCOc1ccccc1NC(=O)C[C@@H]1SC(=Nc2ccc([N+](=O)[O-])cc2)NC1=O. The second-order valence-electron chi connectivity index (χ2n) is 5.97. The highest BCUT2D eigenvalue weighted by molar-refractivity contribution is 8.15. The lowest BCUT2D eigenvalue weighted by Gasteiger charge is -2.12. The lowest BCUT2D eigenvalue weighted by Crippen LogP contribution is -2.28. The third-order valence-corrected chi connectivity index (χ3v) is 4.98. The van der Waals surface area contributed by atoms with Crippen LogP contribution in [0, 0.1) is 10.1 Å². The van der Waals surface area contributed by atoms with Crippen molar-refractivity contribution in [3.63, 3.8) is 0 Å². The molecule has 0 unspecified atom stereocenters. The van der Waals surface area contributed by atoms with Gasteiger partial charge >= 0.3 is 0 Å². The van der Waals surface area contributed by atoms with Gasteiger partial charge in [0.2, 0.25) is 11.8 Å². The van der Waals surface area contributed by atoms with Crippen molar-refractivity contribution in [2.24, 2.45) is 4.99 Å². The predicted molar refractivity (Wildman–Crippen MR) is 111 cm³/mol. The van der Waals surface area contributed by atoms with Crippen LogP contribution in [0.5, 0.6) is 5.75 Å². The smallest absolute Gasteiger partial charge is 0.269 e. The highest BCUT2D eigenvalue weighted by Gasteiger charge is 2.32. The number of non-ortho nitro benzene ring substituents is 1. The molecule has 3 rings (SSSR count). The second kappa shape index (κ2) is 9.20. The highest BCUT2D eigenvalue weighted by atomic mass is 32.2. The minimum atomic E-state index is -0.619. The summed E-state index contributed by atoms with van der Waals surface area (Å²) in [6.07, 6.45) is -0.0315. The summed E-state index contributed by atoms with van der Waals surface area (Å²) in [6.45, 7) is 2.32. The number of nitro groups is 1. The van der Waals surface area contributed by atoms with Gasteiger partial charge in [0.15, 0.2) is 5.17 Å². The minimum absolute atomic E-state index is 0.0315. The molecule has 9 nitrogen and oxygen atoms in total. The Balaban J connectivity index is 1.62. The Kier molecular flexibility index (Phi) is 6.45. The van der Waals surface area contributed by atoms with E-state index in [0.29, 0.717) is 28.9 Å². The second-order valence-corrected chi connectivity index (χ2v) is 7.16. The summed E-state index contributed by atoms with van der Waals surface area (Å²) in [4.78, 5) is 39.0. The van der Waals surface area contributed by atoms with E-state index in [-0.39, 0.29) is 23.9 Å². The first-order valence-electron chi connectivity index (χ1n) is 8.78. The maximum Gasteiger partial charge on any atom is 0.269 e. The Morgan fingerprint density at radius 1 is 1.28 bits per heavy atom. The van der Waals surface area contributed by atoms with E-state index in [1.54, 1.807) is 18.2 Å². The van der Waals surface area contributed by atoms with Crippen LogP contribution in [0.25, 0.3) is 0 Å². The van der Waals surface area contributed by atoms with Crippen LogP contribution in [-0.4, -0.2) is 33.8 Å². The fourth-order valence-electron chi connectivity index (χ4n) is 2.58. The number of nitro benzene ring substituents is 1. The van der Waals surface area contributed by atoms with E-state index in [2.05, 4.69) is 15.6 Å². The number of para-hydroxylation sites is 2. The summed E-state index contributed by atoms with van der Waals surface area (Å²) in [5.41, 5.74) is 0.968. The number of amides is 2. The summed E-state index contributed by atoms with van der Waals surface area (Å²) >= 11 is 1.14. The average Bonchev–Trinajstić information content (AvgIpc) is 3.02. The quantitative estimate of drug-likeness (QED) is 0.530. The number of aliphatic imine (C=N–C) groups is 1. The van der Waals surface area contributed by atoms with Crippen LogP contribution >= 0.6 is 11.8 Å². The molecule has 150 valence electrons. The summed E-state index contributed by atoms with van der Waals surface area (Å²) in [5.74, 6) is -0.0717. The average molecular weight is 414 g/mol. The number of amidine groups is 1. The molecule has 2 aromatic rings. The molecule has 1 atom stereocenters. The highest BCUT2D eigenvalue weighted by Crippen LogP contribution is 2.28. The first-order valence-corrected chi connectivity index (χ1v) is 9.66. The van der Waals surface area contributed by atoms with Gasteiger partial charge < -0.3 is 15.4 Å². The molecule has 1 heterocycles. The third-order valence-electron chi connectivity index (χ3n) is 3.90. The van der Waals surface area contributed by atoms with Crippen LogP contribution in [0.2, 0.25) is 0 Å². The molecule has 2 N–H and O–H groups in total. The molecule has 1 fully saturated rings. The van der Waals surface area contributed by atoms with Crippen LogP contribution in [0.15, 0.2) is 53.5 Å². The van der Waals surface area contributed by atoms with Crippen LogP contribution < -0.4 is 15.4 Å². The summed E-state index contributed by atoms with van der Waals surface area (Å²) in [5, 5.41) is 15.8. The molecule has 0 bridgehead atoms. The lowest BCUT2D eigenvalue weighted by atomic mass is 10.2. The Hall–Kier alpha value is -3.40. The number of nitrogens with one attached hydrogen (secondary N) is 2. The molecule has 1 aliphatic heterocycles. The monoisotopic (exact) mass is 414 g/mol. The molecule has 0 aliphatic carbocycles. The minimum Gasteiger partial charge on any atom is -0.492 e. The molecule has 0 spiro atoms. The van der Waals surface area contributed by atoms with E-state index in [1.165, 1.54) is 24.3 Å². The van der Waals surface area contributed by atoms with Gasteiger partial charge in [0.1, 0.15) is 11.0 Å².